The minimum Gasteiger partial charge on any atom is -0.397 e. The largest absolute Gasteiger partial charge is 0.397 e. The van der Waals surface area contributed by atoms with Gasteiger partial charge in [0.25, 0.3) is 5.91 Å². The summed E-state index contributed by atoms with van der Waals surface area (Å²) in [5.41, 5.74) is 6.32. The first kappa shape index (κ1) is 12.1. The van der Waals surface area contributed by atoms with E-state index in [0.29, 0.717) is 24.5 Å². The zero-order valence-electron chi connectivity index (χ0n) is 9.28. The maximum absolute atomic E-state index is 12.0. The van der Waals surface area contributed by atoms with E-state index in [9.17, 15) is 4.79 Å². The van der Waals surface area contributed by atoms with Crippen molar-refractivity contribution in [1.29, 1.82) is 0 Å². The van der Waals surface area contributed by atoms with Crippen molar-refractivity contribution in [2.45, 2.75) is 18.9 Å². The summed E-state index contributed by atoms with van der Waals surface area (Å²) in [6, 6.07) is 1.66. The van der Waals surface area contributed by atoms with E-state index >= 15 is 0 Å². The van der Waals surface area contributed by atoms with Crippen LogP contribution in [0.1, 0.15) is 23.2 Å². The van der Waals surface area contributed by atoms with Crippen LogP contribution >= 0.6 is 11.6 Å². The maximum Gasteiger partial charge on any atom is 0.254 e. The third kappa shape index (κ3) is 3.08. The number of halogens is 1. The second-order valence-electron chi connectivity index (χ2n) is 3.97. The zero-order valence-corrected chi connectivity index (χ0v) is 10.0. The maximum atomic E-state index is 12.0. The van der Waals surface area contributed by atoms with Crippen molar-refractivity contribution in [3.63, 3.8) is 0 Å². The molecule has 2 rings (SSSR count). The Hall–Kier alpha value is -1.33. The summed E-state index contributed by atoms with van der Waals surface area (Å²) in [4.78, 5) is 15.8. The number of nitrogens with zero attached hydrogens (tertiary/aromatic N) is 1. The highest BCUT2D eigenvalue weighted by molar-refractivity contribution is 6.32. The lowest BCUT2D eigenvalue weighted by molar-refractivity contribution is 0.0696. The molecule has 0 saturated carbocycles. The summed E-state index contributed by atoms with van der Waals surface area (Å²) < 4.78 is 5.22. The smallest absolute Gasteiger partial charge is 0.254 e. The van der Waals surface area contributed by atoms with Gasteiger partial charge in [-0.3, -0.25) is 4.79 Å². The van der Waals surface area contributed by atoms with E-state index in [1.807, 2.05) is 0 Å². The van der Waals surface area contributed by atoms with Gasteiger partial charge in [-0.25, -0.2) is 4.98 Å². The zero-order chi connectivity index (χ0) is 12.3. The number of anilines is 1. The molecule has 1 aliphatic rings. The number of carbonyl (C=O) groups is 1. The van der Waals surface area contributed by atoms with Crippen LogP contribution in [0.15, 0.2) is 12.3 Å². The minimum atomic E-state index is -0.235. The van der Waals surface area contributed by atoms with Gasteiger partial charge in [-0.1, -0.05) is 11.6 Å². The van der Waals surface area contributed by atoms with Crippen LogP contribution in [-0.4, -0.2) is 30.1 Å². The van der Waals surface area contributed by atoms with Gasteiger partial charge in [0.1, 0.15) is 5.15 Å². The SMILES string of the molecule is Nc1cnc(Cl)c(C(=O)NC2CCOCC2)c1. The van der Waals surface area contributed by atoms with Crippen LogP contribution in [0.4, 0.5) is 5.69 Å². The fourth-order valence-corrected chi connectivity index (χ4v) is 1.92. The molecule has 0 aromatic carbocycles. The van der Waals surface area contributed by atoms with Gasteiger partial charge in [0.05, 0.1) is 17.4 Å². The van der Waals surface area contributed by atoms with Gasteiger partial charge >= 0.3 is 0 Å². The molecule has 0 unspecified atom stereocenters. The van der Waals surface area contributed by atoms with E-state index in [4.69, 9.17) is 22.1 Å². The van der Waals surface area contributed by atoms with E-state index in [-0.39, 0.29) is 17.1 Å². The number of nitrogens with two attached hydrogens (primary N) is 1. The number of hydrogen-bond acceptors (Lipinski definition) is 4. The third-order valence-electron chi connectivity index (χ3n) is 2.66. The molecular formula is C11H14ClN3O2. The number of nitrogens with one attached hydrogen (secondary N) is 1. The average molecular weight is 256 g/mol. The van der Waals surface area contributed by atoms with Crippen LogP contribution in [0, 0.1) is 0 Å². The number of rotatable bonds is 2. The summed E-state index contributed by atoms with van der Waals surface area (Å²) in [6.07, 6.45) is 3.06. The first-order valence-electron chi connectivity index (χ1n) is 5.46. The molecule has 1 aromatic heterocycles. The normalized spacial score (nSPS) is 16.8. The molecule has 3 N–H and O–H groups in total. The van der Waals surface area contributed by atoms with Crippen molar-refractivity contribution in [2.24, 2.45) is 0 Å². The average Bonchev–Trinajstić information content (AvgIpc) is 2.33. The number of ether oxygens (including phenoxy) is 1. The second kappa shape index (κ2) is 5.33. The van der Waals surface area contributed by atoms with Crippen LogP contribution in [0.2, 0.25) is 5.15 Å². The Labute approximate surface area is 104 Å². The van der Waals surface area contributed by atoms with Crippen LogP contribution in [0.5, 0.6) is 0 Å². The number of nitrogen functional groups attached to an aromatic ring is 1. The van der Waals surface area contributed by atoms with Gasteiger partial charge in [0.15, 0.2) is 0 Å². The predicted molar refractivity (Wildman–Crippen MR) is 65.0 cm³/mol. The molecule has 0 atom stereocenters. The number of aromatic nitrogens is 1. The summed E-state index contributed by atoms with van der Waals surface area (Å²) >= 11 is 5.86. The molecule has 1 fully saturated rings. The Kier molecular flexibility index (Phi) is 3.81. The highest BCUT2D eigenvalue weighted by atomic mass is 35.5. The number of pyridine rings is 1. The lowest BCUT2D eigenvalue weighted by Crippen LogP contribution is -2.39. The molecule has 92 valence electrons. The molecule has 17 heavy (non-hydrogen) atoms. The van der Waals surface area contributed by atoms with E-state index in [2.05, 4.69) is 10.3 Å². The molecule has 1 saturated heterocycles. The Bertz CT molecular complexity index is 419. The van der Waals surface area contributed by atoms with Crippen LogP contribution < -0.4 is 11.1 Å². The second-order valence-corrected chi connectivity index (χ2v) is 4.33. The summed E-state index contributed by atoms with van der Waals surface area (Å²) in [7, 11) is 0. The standard InChI is InChI=1S/C11H14ClN3O2/c12-10-9(5-7(13)6-14-10)11(16)15-8-1-3-17-4-2-8/h5-6,8H,1-4,13H2,(H,15,16). The van der Waals surface area contributed by atoms with E-state index in [1.54, 1.807) is 0 Å². The Balaban J connectivity index is 2.05. The quantitative estimate of drug-likeness (QED) is 0.779. The van der Waals surface area contributed by atoms with Crippen molar-refractivity contribution in [3.05, 3.63) is 23.0 Å². The first-order chi connectivity index (χ1) is 8.16. The lowest BCUT2D eigenvalue weighted by atomic mass is 10.1. The van der Waals surface area contributed by atoms with E-state index in [1.165, 1.54) is 12.3 Å². The molecule has 0 spiro atoms. The van der Waals surface area contributed by atoms with Crippen molar-refractivity contribution >= 4 is 23.2 Å². The molecule has 6 heteroatoms. The number of carbonyl (C=O) groups excluding carboxylic acids is 1. The van der Waals surface area contributed by atoms with Gasteiger partial charge in [-0.2, -0.15) is 0 Å². The first-order valence-corrected chi connectivity index (χ1v) is 5.84. The van der Waals surface area contributed by atoms with Crippen LogP contribution in [-0.2, 0) is 4.74 Å². The van der Waals surface area contributed by atoms with Crippen molar-refractivity contribution in [2.75, 3.05) is 18.9 Å². The van der Waals surface area contributed by atoms with Gasteiger partial charge in [0.2, 0.25) is 0 Å². The molecule has 0 radical (unpaired) electrons. The van der Waals surface area contributed by atoms with Crippen LogP contribution in [0.3, 0.4) is 0 Å². The lowest BCUT2D eigenvalue weighted by Gasteiger charge is -2.23. The highest BCUT2D eigenvalue weighted by Gasteiger charge is 2.19. The number of hydrogen-bond donors (Lipinski definition) is 2. The van der Waals surface area contributed by atoms with Crippen molar-refractivity contribution in [1.82, 2.24) is 10.3 Å². The third-order valence-corrected chi connectivity index (χ3v) is 2.96. The Morgan fingerprint density at radius 3 is 2.94 bits per heavy atom. The molecule has 1 aromatic rings. The summed E-state index contributed by atoms with van der Waals surface area (Å²) in [5.74, 6) is -0.235. The molecule has 2 heterocycles. The summed E-state index contributed by atoms with van der Waals surface area (Å²) in [5, 5.41) is 3.07. The molecule has 1 aliphatic heterocycles. The van der Waals surface area contributed by atoms with Gasteiger partial charge in [-0.15, -0.1) is 0 Å². The van der Waals surface area contributed by atoms with Crippen LogP contribution in [0.25, 0.3) is 0 Å². The van der Waals surface area contributed by atoms with Gasteiger partial charge < -0.3 is 15.8 Å². The molecule has 5 nitrogen and oxygen atoms in total. The Morgan fingerprint density at radius 2 is 2.24 bits per heavy atom. The molecular weight excluding hydrogens is 242 g/mol. The monoisotopic (exact) mass is 255 g/mol. The van der Waals surface area contributed by atoms with Crippen molar-refractivity contribution in [3.8, 4) is 0 Å². The van der Waals surface area contributed by atoms with E-state index < -0.39 is 0 Å². The minimum absolute atomic E-state index is 0.133. The van der Waals surface area contributed by atoms with Crippen molar-refractivity contribution < 1.29 is 9.53 Å². The Morgan fingerprint density at radius 1 is 1.53 bits per heavy atom. The number of amides is 1. The van der Waals surface area contributed by atoms with Gasteiger partial charge in [-0.05, 0) is 18.9 Å². The topological polar surface area (TPSA) is 77.2 Å². The molecule has 0 bridgehead atoms. The van der Waals surface area contributed by atoms with E-state index in [0.717, 1.165) is 12.8 Å². The van der Waals surface area contributed by atoms with Gasteiger partial charge in [0, 0.05) is 19.3 Å². The predicted octanol–water partition coefficient (Wildman–Crippen LogP) is 1.23. The molecule has 0 aliphatic carbocycles. The molecule has 1 amide bonds. The fraction of sp³-hybridized carbons (Fsp3) is 0.455. The highest BCUT2D eigenvalue weighted by Crippen LogP contribution is 2.16. The fourth-order valence-electron chi connectivity index (χ4n) is 1.73. The summed E-state index contributed by atoms with van der Waals surface area (Å²) in [6.45, 7) is 1.35.